The van der Waals surface area contributed by atoms with E-state index in [2.05, 4.69) is 4.98 Å². The molecule has 0 N–H and O–H groups in total. The van der Waals surface area contributed by atoms with Crippen LogP contribution < -0.4 is 9.47 Å². The van der Waals surface area contributed by atoms with Gasteiger partial charge in [-0.15, -0.1) is 0 Å². The third-order valence-corrected chi connectivity index (χ3v) is 3.93. The molecule has 2 heterocycles. The lowest BCUT2D eigenvalue weighted by molar-refractivity contribution is 0.0965. The van der Waals surface area contributed by atoms with Crippen LogP contribution >= 0.6 is 0 Å². The topological polar surface area (TPSA) is 53.4 Å². The van der Waals surface area contributed by atoms with Gasteiger partial charge in [-0.05, 0) is 25.0 Å². The summed E-state index contributed by atoms with van der Waals surface area (Å²) in [5.74, 6) is 1.66. The van der Waals surface area contributed by atoms with Crippen molar-refractivity contribution >= 4 is 5.78 Å². The third kappa shape index (κ3) is 2.09. The maximum atomic E-state index is 12.2. The second kappa shape index (κ2) is 4.91. The molecular formula is C16H16N2O3. The van der Waals surface area contributed by atoms with Crippen molar-refractivity contribution in [3.8, 4) is 17.2 Å². The molecule has 0 unspecified atom stereocenters. The fourth-order valence-corrected chi connectivity index (χ4v) is 2.90. The van der Waals surface area contributed by atoms with Gasteiger partial charge >= 0.3 is 0 Å². The van der Waals surface area contributed by atoms with E-state index in [1.165, 1.54) is 0 Å². The Labute approximate surface area is 122 Å². The summed E-state index contributed by atoms with van der Waals surface area (Å²) in [5.41, 5.74) is 2.51. The Morgan fingerprint density at radius 1 is 1.05 bits per heavy atom. The lowest BCUT2D eigenvalue weighted by atomic mass is 9.99. The van der Waals surface area contributed by atoms with Gasteiger partial charge in [0.05, 0.1) is 24.6 Å². The van der Waals surface area contributed by atoms with Gasteiger partial charge in [0.25, 0.3) is 0 Å². The van der Waals surface area contributed by atoms with E-state index in [1.807, 2.05) is 22.8 Å². The molecule has 4 rings (SSSR count). The molecule has 0 saturated heterocycles. The molecule has 0 amide bonds. The third-order valence-electron chi connectivity index (χ3n) is 3.93. The zero-order valence-electron chi connectivity index (χ0n) is 11.7. The zero-order valence-corrected chi connectivity index (χ0v) is 11.7. The summed E-state index contributed by atoms with van der Waals surface area (Å²) >= 11 is 0. The van der Waals surface area contributed by atoms with Crippen molar-refractivity contribution in [3.05, 3.63) is 35.9 Å². The SMILES string of the molecule is O=C1CCCc2ncn(-c3ccc4c(c3)OCCCO4)c21. The predicted octanol–water partition coefficient (Wildman–Crippen LogP) is 2.55. The molecule has 1 aromatic heterocycles. The minimum atomic E-state index is 0.167. The van der Waals surface area contributed by atoms with Gasteiger partial charge in [0.1, 0.15) is 12.0 Å². The van der Waals surface area contributed by atoms with Crippen LogP contribution in [0.2, 0.25) is 0 Å². The first-order valence-electron chi connectivity index (χ1n) is 7.32. The number of imidazole rings is 1. The minimum Gasteiger partial charge on any atom is -0.490 e. The average molecular weight is 284 g/mol. The summed E-state index contributed by atoms with van der Waals surface area (Å²) < 4.78 is 13.2. The number of ketones is 1. The molecule has 2 aliphatic rings. The Morgan fingerprint density at radius 2 is 1.90 bits per heavy atom. The highest BCUT2D eigenvalue weighted by molar-refractivity contribution is 5.97. The standard InChI is InChI=1S/C16H16N2O3/c19-13-4-1-3-12-16(13)18(10-17-12)11-5-6-14-15(9-11)21-8-2-7-20-14/h5-6,9-10H,1-4,7-8H2. The second-order valence-electron chi connectivity index (χ2n) is 5.37. The number of carbonyl (C=O) groups excluding carboxylic acids is 1. The summed E-state index contributed by atoms with van der Waals surface area (Å²) in [5, 5.41) is 0. The first kappa shape index (κ1) is 12.4. The minimum absolute atomic E-state index is 0.167. The van der Waals surface area contributed by atoms with Crippen LogP contribution in [0.25, 0.3) is 5.69 Å². The number of benzene rings is 1. The Kier molecular flexibility index (Phi) is 2.91. The van der Waals surface area contributed by atoms with Gasteiger partial charge in [0.15, 0.2) is 17.3 Å². The van der Waals surface area contributed by atoms with E-state index in [-0.39, 0.29) is 5.78 Å². The first-order chi connectivity index (χ1) is 10.3. The van der Waals surface area contributed by atoms with Crippen molar-refractivity contribution in [2.75, 3.05) is 13.2 Å². The summed E-state index contributed by atoms with van der Waals surface area (Å²) in [7, 11) is 0. The molecule has 0 fully saturated rings. The number of Topliss-reactive ketones (excluding diaryl/α,β-unsaturated/α-hetero) is 1. The molecule has 5 nitrogen and oxygen atoms in total. The number of rotatable bonds is 1. The quantitative estimate of drug-likeness (QED) is 0.807. The van der Waals surface area contributed by atoms with Crippen molar-refractivity contribution in [2.24, 2.45) is 0 Å². The highest BCUT2D eigenvalue weighted by Gasteiger charge is 2.24. The largest absolute Gasteiger partial charge is 0.490 e. The van der Waals surface area contributed by atoms with Gasteiger partial charge in [0.2, 0.25) is 0 Å². The molecule has 0 spiro atoms. The van der Waals surface area contributed by atoms with Crippen LogP contribution in [0.5, 0.6) is 11.5 Å². The van der Waals surface area contributed by atoms with Crippen molar-refractivity contribution in [1.29, 1.82) is 0 Å². The van der Waals surface area contributed by atoms with Crippen LogP contribution in [0.15, 0.2) is 24.5 Å². The van der Waals surface area contributed by atoms with Gasteiger partial charge < -0.3 is 9.47 Å². The van der Waals surface area contributed by atoms with Crippen molar-refractivity contribution in [1.82, 2.24) is 9.55 Å². The van der Waals surface area contributed by atoms with Crippen LogP contribution in [-0.2, 0) is 6.42 Å². The average Bonchev–Trinajstić information content (AvgIpc) is 2.80. The molecule has 1 aliphatic carbocycles. The lowest BCUT2D eigenvalue weighted by Crippen LogP contribution is -2.14. The highest BCUT2D eigenvalue weighted by Crippen LogP contribution is 2.33. The van der Waals surface area contributed by atoms with E-state index in [4.69, 9.17) is 9.47 Å². The van der Waals surface area contributed by atoms with E-state index in [0.29, 0.717) is 19.6 Å². The Hall–Kier alpha value is -2.30. The van der Waals surface area contributed by atoms with Crippen LogP contribution in [0, 0.1) is 0 Å². The maximum Gasteiger partial charge on any atom is 0.181 e. The van der Waals surface area contributed by atoms with Gasteiger partial charge in [-0.1, -0.05) is 0 Å². The van der Waals surface area contributed by atoms with E-state index in [1.54, 1.807) is 6.33 Å². The molecule has 0 saturated carbocycles. The maximum absolute atomic E-state index is 12.2. The predicted molar refractivity (Wildman–Crippen MR) is 76.4 cm³/mol. The first-order valence-corrected chi connectivity index (χ1v) is 7.32. The van der Waals surface area contributed by atoms with Crippen LogP contribution in [0.1, 0.15) is 35.4 Å². The van der Waals surface area contributed by atoms with Gasteiger partial charge in [-0.25, -0.2) is 4.98 Å². The number of nitrogens with zero attached hydrogens (tertiary/aromatic N) is 2. The number of carbonyl (C=O) groups is 1. The molecule has 1 aliphatic heterocycles. The molecule has 5 heteroatoms. The van der Waals surface area contributed by atoms with Crippen LogP contribution in [-0.4, -0.2) is 28.5 Å². The van der Waals surface area contributed by atoms with Gasteiger partial charge in [-0.2, -0.15) is 0 Å². The van der Waals surface area contributed by atoms with Gasteiger partial charge in [0, 0.05) is 18.9 Å². The summed E-state index contributed by atoms with van der Waals surface area (Å²) in [4.78, 5) is 16.6. The number of aryl methyl sites for hydroxylation is 1. The fraction of sp³-hybridized carbons (Fsp3) is 0.375. The van der Waals surface area contributed by atoms with Crippen LogP contribution in [0.4, 0.5) is 0 Å². The Morgan fingerprint density at radius 3 is 2.81 bits per heavy atom. The summed E-state index contributed by atoms with van der Waals surface area (Å²) in [6.07, 6.45) is 4.97. The number of fused-ring (bicyclic) bond motifs is 2. The van der Waals surface area contributed by atoms with Crippen molar-refractivity contribution in [2.45, 2.75) is 25.7 Å². The van der Waals surface area contributed by atoms with Crippen LogP contribution in [0.3, 0.4) is 0 Å². The van der Waals surface area contributed by atoms with E-state index >= 15 is 0 Å². The van der Waals surface area contributed by atoms with Crippen molar-refractivity contribution in [3.63, 3.8) is 0 Å². The van der Waals surface area contributed by atoms with Gasteiger partial charge in [-0.3, -0.25) is 9.36 Å². The van der Waals surface area contributed by atoms with E-state index in [9.17, 15) is 4.79 Å². The molecule has 0 bridgehead atoms. The summed E-state index contributed by atoms with van der Waals surface area (Å²) in [6.45, 7) is 1.32. The number of ether oxygens (including phenoxy) is 2. The molecule has 21 heavy (non-hydrogen) atoms. The van der Waals surface area contributed by atoms with E-state index in [0.717, 1.165) is 47.8 Å². The fourth-order valence-electron chi connectivity index (χ4n) is 2.90. The molecule has 1 aromatic carbocycles. The normalized spacial score (nSPS) is 17.2. The molecule has 0 atom stereocenters. The molecule has 0 radical (unpaired) electrons. The molecule has 2 aromatic rings. The number of hydrogen-bond donors (Lipinski definition) is 0. The number of aromatic nitrogens is 2. The summed E-state index contributed by atoms with van der Waals surface area (Å²) in [6, 6.07) is 5.76. The Bertz CT molecular complexity index is 706. The van der Waals surface area contributed by atoms with Crippen molar-refractivity contribution < 1.29 is 14.3 Å². The molecular weight excluding hydrogens is 268 g/mol. The number of hydrogen-bond acceptors (Lipinski definition) is 4. The highest BCUT2D eigenvalue weighted by atomic mass is 16.5. The molecule has 108 valence electrons. The van der Waals surface area contributed by atoms with E-state index < -0.39 is 0 Å². The zero-order chi connectivity index (χ0) is 14.2. The lowest BCUT2D eigenvalue weighted by Gasteiger charge is -2.14. The second-order valence-corrected chi connectivity index (χ2v) is 5.37. The Balaban J connectivity index is 1.79. The smallest absolute Gasteiger partial charge is 0.181 e. The monoisotopic (exact) mass is 284 g/mol.